The van der Waals surface area contributed by atoms with Crippen molar-refractivity contribution in [3.05, 3.63) is 86.3 Å². The van der Waals surface area contributed by atoms with Gasteiger partial charge in [-0.25, -0.2) is 9.48 Å². The summed E-state index contributed by atoms with van der Waals surface area (Å²) in [6, 6.07) is 17.1. The quantitative estimate of drug-likeness (QED) is 0.0709. The second-order valence-electron chi connectivity index (χ2n) is 19.3. The molecule has 1 saturated heterocycles. The first-order valence-corrected chi connectivity index (χ1v) is 25.7. The molecule has 60 heavy (non-hydrogen) atoms. The number of pyridine rings is 1. The van der Waals surface area contributed by atoms with Crippen LogP contribution in [0.2, 0.25) is 18.1 Å². The van der Waals surface area contributed by atoms with E-state index in [2.05, 4.69) is 77.6 Å². The van der Waals surface area contributed by atoms with Gasteiger partial charge < -0.3 is 34.6 Å². The van der Waals surface area contributed by atoms with Crippen molar-refractivity contribution in [1.82, 2.24) is 30.2 Å². The van der Waals surface area contributed by atoms with Crippen molar-refractivity contribution in [1.29, 1.82) is 0 Å². The number of hydrogen-bond donors (Lipinski definition) is 4. The number of nitrogens with one attached hydrogen (secondary N) is 2. The molecule has 1 spiro atoms. The Morgan fingerprint density at radius 1 is 1.07 bits per heavy atom. The molecule has 3 fully saturated rings. The summed E-state index contributed by atoms with van der Waals surface area (Å²) in [6.07, 6.45) is 8.88. The number of carbonyl (C=O) groups is 1. The van der Waals surface area contributed by atoms with E-state index in [0.717, 1.165) is 116 Å². The molecule has 1 aliphatic heterocycles. The minimum absolute atomic E-state index is 0.00495. The van der Waals surface area contributed by atoms with Gasteiger partial charge in [-0.3, -0.25) is 4.79 Å². The standard InChI is InChI=1S/C46H62N6O6SSi/c1-44(2,3)60(4,5)58-39(34-14-17-38(53)42-35(34)15-18-41(54)48-42)30-47-29-31-13-16-37-36(26-31)49-50-52(37)22-9-21-51-23-19-45(20-24-51)27-33(28-45)57-46(43(55)56,32-10-6-7-11-32)40-12-8-25-59-40/h8,12-18,25-26,32-33,39,47,53H,6-7,9-11,19-24,27-30H2,1-5H3,(H,48,54)(H,55,56)/t39-,46?/m0/s1. The number of thiophene rings is 1. The summed E-state index contributed by atoms with van der Waals surface area (Å²) in [5.41, 5.74) is 3.15. The maximum Gasteiger partial charge on any atom is 0.341 e. The van der Waals surface area contributed by atoms with Crippen molar-refractivity contribution in [3.63, 3.8) is 0 Å². The van der Waals surface area contributed by atoms with Crippen LogP contribution in [0, 0.1) is 11.3 Å². The molecule has 2 aliphatic carbocycles. The molecule has 2 aromatic carbocycles. The van der Waals surface area contributed by atoms with Gasteiger partial charge in [0.2, 0.25) is 11.2 Å². The molecule has 5 aromatic rings. The number of aromatic nitrogens is 4. The Morgan fingerprint density at radius 2 is 1.83 bits per heavy atom. The molecule has 3 aromatic heterocycles. The number of aromatic hydroxyl groups is 1. The largest absolute Gasteiger partial charge is 0.506 e. The Bertz CT molecular complexity index is 2330. The summed E-state index contributed by atoms with van der Waals surface area (Å²) in [5.74, 6) is -0.738. The zero-order valence-electron chi connectivity index (χ0n) is 35.8. The lowest BCUT2D eigenvalue weighted by Gasteiger charge is -2.54. The van der Waals surface area contributed by atoms with Crippen molar-refractivity contribution < 1.29 is 24.2 Å². The van der Waals surface area contributed by atoms with Crippen LogP contribution in [0.5, 0.6) is 5.75 Å². The van der Waals surface area contributed by atoms with E-state index in [1.165, 1.54) is 17.4 Å². The molecule has 4 N–H and O–H groups in total. The molecular weight excluding hydrogens is 793 g/mol. The summed E-state index contributed by atoms with van der Waals surface area (Å²) < 4.78 is 15.7. The fourth-order valence-electron chi connectivity index (χ4n) is 9.79. The average Bonchev–Trinajstić information content (AvgIpc) is 4.01. The highest BCUT2D eigenvalue weighted by atomic mass is 32.1. The van der Waals surface area contributed by atoms with Crippen molar-refractivity contribution in [2.45, 2.75) is 128 Å². The van der Waals surface area contributed by atoms with E-state index in [0.29, 0.717) is 18.6 Å². The van der Waals surface area contributed by atoms with Crippen molar-refractivity contribution in [2.75, 3.05) is 26.2 Å². The molecule has 0 amide bonds. The number of hydrogen-bond acceptors (Lipinski definition) is 10. The number of H-pyrrole nitrogens is 1. The molecule has 2 saturated carbocycles. The van der Waals surface area contributed by atoms with Crippen LogP contribution in [0.25, 0.3) is 21.9 Å². The zero-order chi connectivity index (χ0) is 42.3. The van der Waals surface area contributed by atoms with Gasteiger partial charge in [-0.2, -0.15) is 0 Å². The van der Waals surface area contributed by atoms with Gasteiger partial charge in [0.25, 0.3) is 0 Å². The number of fused-ring (bicyclic) bond motifs is 2. The average molecular weight is 855 g/mol. The van der Waals surface area contributed by atoms with Crippen LogP contribution < -0.4 is 10.9 Å². The predicted octanol–water partition coefficient (Wildman–Crippen LogP) is 8.71. The fraction of sp³-hybridized carbons (Fsp3) is 0.565. The van der Waals surface area contributed by atoms with Crippen molar-refractivity contribution >= 4 is 47.6 Å². The molecule has 1 unspecified atom stereocenters. The highest BCUT2D eigenvalue weighted by Crippen LogP contribution is 2.55. The molecular formula is C46H62N6O6SSi. The predicted molar refractivity (Wildman–Crippen MR) is 239 cm³/mol. The summed E-state index contributed by atoms with van der Waals surface area (Å²) in [5, 5.41) is 36.6. The molecule has 3 aliphatic rings. The number of nitrogens with zero attached hydrogens (tertiary/aromatic N) is 4. The van der Waals surface area contributed by atoms with Gasteiger partial charge in [-0.05, 0) is 135 Å². The van der Waals surface area contributed by atoms with Crippen LogP contribution in [0.1, 0.15) is 101 Å². The summed E-state index contributed by atoms with van der Waals surface area (Å²) in [6.45, 7) is 16.2. The Hall–Kier alpha value is -3.92. The van der Waals surface area contributed by atoms with Gasteiger partial charge >= 0.3 is 5.97 Å². The lowest BCUT2D eigenvalue weighted by atomic mass is 9.61. The minimum Gasteiger partial charge on any atom is -0.506 e. The van der Waals surface area contributed by atoms with Gasteiger partial charge in [0.15, 0.2) is 8.32 Å². The molecule has 2 atom stereocenters. The van der Waals surface area contributed by atoms with Gasteiger partial charge in [0.05, 0.1) is 23.2 Å². The van der Waals surface area contributed by atoms with E-state index in [-0.39, 0.29) is 39.9 Å². The second-order valence-corrected chi connectivity index (χ2v) is 25.0. The van der Waals surface area contributed by atoms with Crippen molar-refractivity contribution in [3.8, 4) is 5.75 Å². The van der Waals surface area contributed by atoms with Gasteiger partial charge in [0, 0.05) is 41.9 Å². The molecule has 0 bridgehead atoms. The lowest BCUT2D eigenvalue weighted by molar-refractivity contribution is -0.214. The number of phenols is 1. The maximum absolute atomic E-state index is 12.9. The first-order valence-electron chi connectivity index (χ1n) is 21.9. The Balaban J connectivity index is 0.829. The van der Waals surface area contributed by atoms with E-state index in [4.69, 9.17) is 9.16 Å². The number of aliphatic carboxylic acids is 1. The number of piperidine rings is 1. The van der Waals surface area contributed by atoms with Crippen LogP contribution in [0.15, 0.2) is 64.8 Å². The fourth-order valence-corrected chi connectivity index (χ4v) is 12.0. The summed E-state index contributed by atoms with van der Waals surface area (Å²) >= 11 is 1.52. The van der Waals surface area contributed by atoms with E-state index in [1.54, 1.807) is 12.1 Å². The SMILES string of the molecule is CC(C)(C)[Si](C)(C)O[C@@H](CNCc1ccc2c(c1)nnn2CCCN1CCC2(CC1)CC(OC(C(=O)O)(c1cccs1)C1CCCC1)C2)c1ccc(O)c2[nH]c(=O)ccc12. The second kappa shape index (κ2) is 17.1. The van der Waals surface area contributed by atoms with Crippen LogP contribution >= 0.6 is 11.3 Å². The van der Waals surface area contributed by atoms with Crippen LogP contribution in [0.3, 0.4) is 0 Å². The van der Waals surface area contributed by atoms with Crippen LogP contribution in [-0.2, 0) is 32.6 Å². The van der Waals surface area contributed by atoms with Crippen molar-refractivity contribution in [2.24, 2.45) is 11.3 Å². The first-order chi connectivity index (χ1) is 28.7. The number of aromatic amines is 1. The molecule has 14 heteroatoms. The number of phenolic OH excluding ortho intramolecular Hbond substituents is 1. The molecule has 0 radical (unpaired) electrons. The highest BCUT2D eigenvalue weighted by Gasteiger charge is 2.56. The van der Waals surface area contributed by atoms with Crippen LogP contribution in [0.4, 0.5) is 0 Å². The first kappa shape index (κ1) is 42.8. The number of carboxylic acid groups (broad SMARTS) is 1. The number of benzene rings is 2. The van der Waals surface area contributed by atoms with Gasteiger partial charge in [-0.15, -0.1) is 16.4 Å². The number of aryl methyl sites for hydroxylation is 1. The molecule has 8 rings (SSSR count). The third-order valence-corrected chi connectivity index (χ3v) is 19.8. The van der Waals surface area contributed by atoms with E-state index >= 15 is 0 Å². The van der Waals surface area contributed by atoms with E-state index < -0.39 is 19.9 Å². The zero-order valence-corrected chi connectivity index (χ0v) is 37.7. The monoisotopic (exact) mass is 854 g/mol. The molecule has 322 valence electrons. The van der Waals surface area contributed by atoms with E-state index in [1.807, 2.05) is 28.3 Å². The Morgan fingerprint density at radius 3 is 2.53 bits per heavy atom. The smallest absolute Gasteiger partial charge is 0.341 e. The lowest BCUT2D eigenvalue weighted by Crippen LogP contribution is -2.54. The van der Waals surface area contributed by atoms with Gasteiger partial charge in [-0.1, -0.05) is 57.0 Å². The number of rotatable bonds is 16. The third-order valence-electron chi connectivity index (χ3n) is 14.3. The summed E-state index contributed by atoms with van der Waals surface area (Å²) in [7, 11) is -2.20. The number of carboxylic acids is 1. The number of likely N-dealkylation sites (tertiary alicyclic amines) is 1. The Kier molecular flexibility index (Phi) is 12.2. The normalized spacial score (nSPS) is 19.6. The molecule has 4 heterocycles. The molecule has 12 nitrogen and oxygen atoms in total. The number of ether oxygens (including phenoxy) is 1. The maximum atomic E-state index is 12.9. The van der Waals surface area contributed by atoms with E-state index in [9.17, 15) is 19.8 Å². The van der Waals surface area contributed by atoms with Crippen LogP contribution in [-0.4, -0.2) is 81.7 Å². The van der Waals surface area contributed by atoms with Gasteiger partial charge in [0.1, 0.15) is 11.3 Å². The topological polar surface area (TPSA) is 155 Å². The minimum atomic E-state index is -2.20. The highest BCUT2D eigenvalue weighted by molar-refractivity contribution is 7.10. The Labute approximate surface area is 357 Å². The third kappa shape index (κ3) is 8.60. The summed E-state index contributed by atoms with van der Waals surface area (Å²) in [4.78, 5) is 31.3.